The standard InChI is InChI=1S/C17H18ClN3O2/c18-11-3-1-10(2-4-11)15-9-16(23-21-15)17(22)20-14-7-12-5-6-13(8-14)19-12/h1-4,9,12-14,19H,5-8H2,(H,20,22)/t12-,13+,14?. The highest BCUT2D eigenvalue weighted by atomic mass is 35.5. The third-order valence-corrected chi connectivity index (χ3v) is 4.93. The Labute approximate surface area is 139 Å². The van der Waals surface area contributed by atoms with Crippen molar-refractivity contribution < 1.29 is 9.32 Å². The molecule has 1 unspecified atom stereocenters. The fraction of sp³-hybridized carbons (Fsp3) is 0.412. The highest BCUT2D eigenvalue weighted by Gasteiger charge is 2.34. The number of amides is 1. The van der Waals surface area contributed by atoms with E-state index in [9.17, 15) is 4.79 Å². The maximum Gasteiger partial charge on any atom is 0.290 e. The SMILES string of the molecule is O=C(NC1C[C@H]2CC[C@@H](C1)N2)c1cc(-c2ccc(Cl)cc2)no1. The Morgan fingerprint density at radius 3 is 2.61 bits per heavy atom. The van der Waals surface area contributed by atoms with Gasteiger partial charge in [-0.1, -0.05) is 28.9 Å². The van der Waals surface area contributed by atoms with E-state index in [0.717, 1.165) is 18.4 Å². The van der Waals surface area contributed by atoms with Crippen LogP contribution in [0.1, 0.15) is 36.2 Å². The summed E-state index contributed by atoms with van der Waals surface area (Å²) < 4.78 is 5.21. The Hall–Kier alpha value is -1.85. The molecule has 4 rings (SSSR count). The first-order chi connectivity index (χ1) is 11.2. The normalized spacial score (nSPS) is 26.2. The molecular weight excluding hydrogens is 314 g/mol. The first-order valence-corrected chi connectivity index (χ1v) is 8.35. The molecule has 2 bridgehead atoms. The molecule has 1 aromatic carbocycles. The third-order valence-electron chi connectivity index (χ3n) is 4.68. The molecule has 0 spiro atoms. The molecule has 120 valence electrons. The number of hydrogen-bond acceptors (Lipinski definition) is 4. The van der Waals surface area contributed by atoms with Crippen molar-refractivity contribution in [2.24, 2.45) is 0 Å². The molecule has 2 saturated heterocycles. The summed E-state index contributed by atoms with van der Waals surface area (Å²) in [6, 6.07) is 10.3. The number of hydrogen-bond donors (Lipinski definition) is 2. The molecule has 3 heterocycles. The van der Waals surface area contributed by atoms with Gasteiger partial charge in [-0.25, -0.2) is 0 Å². The van der Waals surface area contributed by atoms with Crippen LogP contribution in [0.5, 0.6) is 0 Å². The number of rotatable bonds is 3. The molecule has 0 saturated carbocycles. The van der Waals surface area contributed by atoms with Gasteiger partial charge in [-0.2, -0.15) is 0 Å². The summed E-state index contributed by atoms with van der Waals surface area (Å²) in [5.74, 6) is 0.0600. The molecule has 0 radical (unpaired) electrons. The van der Waals surface area contributed by atoms with Gasteiger partial charge in [0.15, 0.2) is 0 Å². The van der Waals surface area contributed by atoms with Gasteiger partial charge in [-0.05, 0) is 37.8 Å². The van der Waals surface area contributed by atoms with Gasteiger partial charge in [0.25, 0.3) is 5.91 Å². The average Bonchev–Trinajstić information content (AvgIpc) is 3.15. The molecule has 23 heavy (non-hydrogen) atoms. The number of fused-ring (bicyclic) bond motifs is 2. The molecule has 6 heteroatoms. The molecule has 2 fully saturated rings. The van der Waals surface area contributed by atoms with Crippen LogP contribution in [0.25, 0.3) is 11.3 Å². The minimum atomic E-state index is -0.191. The third kappa shape index (κ3) is 3.12. The lowest BCUT2D eigenvalue weighted by Gasteiger charge is -2.29. The number of halogens is 1. The van der Waals surface area contributed by atoms with Crippen molar-refractivity contribution in [3.8, 4) is 11.3 Å². The molecular formula is C17H18ClN3O2. The van der Waals surface area contributed by atoms with Crippen LogP contribution in [-0.2, 0) is 0 Å². The van der Waals surface area contributed by atoms with Gasteiger partial charge >= 0.3 is 0 Å². The van der Waals surface area contributed by atoms with Crippen molar-refractivity contribution in [1.82, 2.24) is 15.8 Å². The van der Waals surface area contributed by atoms with Gasteiger partial charge in [0.05, 0.1) is 0 Å². The van der Waals surface area contributed by atoms with E-state index in [0.29, 0.717) is 22.8 Å². The zero-order valence-electron chi connectivity index (χ0n) is 12.6. The van der Waals surface area contributed by atoms with Crippen molar-refractivity contribution >= 4 is 17.5 Å². The Kier molecular flexibility index (Phi) is 3.83. The molecule has 2 aliphatic heterocycles. The lowest BCUT2D eigenvalue weighted by Crippen LogP contribution is -2.47. The summed E-state index contributed by atoms with van der Waals surface area (Å²) in [6.07, 6.45) is 4.39. The molecule has 0 aliphatic carbocycles. The second-order valence-electron chi connectivity index (χ2n) is 6.36. The van der Waals surface area contributed by atoms with Gasteiger partial charge in [0, 0.05) is 34.8 Å². The van der Waals surface area contributed by atoms with Crippen LogP contribution in [0.2, 0.25) is 5.02 Å². The van der Waals surface area contributed by atoms with Gasteiger partial charge in [0.1, 0.15) is 5.69 Å². The maximum absolute atomic E-state index is 12.4. The summed E-state index contributed by atoms with van der Waals surface area (Å²) in [6.45, 7) is 0. The van der Waals surface area contributed by atoms with Crippen LogP contribution in [0.15, 0.2) is 34.9 Å². The van der Waals surface area contributed by atoms with Crippen LogP contribution >= 0.6 is 11.6 Å². The van der Waals surface area contributed by atoms with Gasteiger partial charge in [0.2, 0.25) is 5.76 Å². The molecule has 1 aromatic heterocycles. The Balaban J connectivity index is 1.44. The first kappa shape index (κ1) is 14.7. The van der Waals surface area contributed by atoms with E-state index < -0.39 is 0 Å². The summed E-state index contributed by atoms with van der Waals surface area (Å²) in [4.78, 5) is 12.4. The van der Waals surface area contributed by atoms with E-state index in [2.05, 4.69) is 15.8 Å². The fourth-order valence-electron chi connectivity index (χ4n) is 3.57. The second-order valence-corrected chi connectivity index (χ2v) is 6.80. The highest BCUT2D eigenvalue weighted by Crippen LogP contribution is 2.27. The predicted octanol–water partition coefficient (Wildman–Crippen LogP) is 3.01. The minimum Gasteiger partial charge on any atom is -0.350 e. The van der Waals surface area contributed by atoms with Gasteiger partial charge in [-0.15, -0.1) is 0 Å². The van der Waals surface area contributed by atoms with Crippen LogP contribution in [0, 0.1) is 0 Å². The van der Waals surface area contributed by atoms with Gasteiger partial charge in [-0.3, -0.25) is 4.79 Å². The molecule has 2 aliphatic rings. The van der Waals surface area contributed by atoms with Crippen molar-refractivity contribution in [1.29, 1.82) is 0 Å². The summed E-state index contributed by atoms with van der Waals surface area (Å²) in [5.41, 5.74) is 1.51. The van der Waals surface area contributed by atoms with Crippen LogP contribution in [0.3, 0.4) is 0 Å². The topological polar surface area (TPSA) is 67.2 Å². The number of carbonyl (C=O) groups is 1. The number of benzene rings is 1. The lowest BCUT2D eigenvalue weighted by atomic mass is 10.00. The van der Waals surface area contributed by atoms with E-state index in [4.69, 9.17) is 16.1 Å². The molecule has 2 aromatic rings. The summed E-state index contributed by atoms with van der Waals surface area (Å²) >= 11 is 5.88. The van der Waals surface area contributed by atoms with Crippen molar-refractivity contribution in [3.05, 3.63) is 41.1 Å². The van der Waals surface area contributed by atoms with Gasteiger partial charge < -0.3 is 15.2 Å². The van der Waals surface area contributed by atoms with E-state index in [1.807, 2.05) is 12.1 Å². The molecule has 2 N–H and O–H groups in total. The minimum absolute atomic E-state index is 0.191. The largest absolute Gasteiger partial charge is 0.350 e. The number of aromatic nitrogens is 1. The second kappa shape index (κ2) is 5.98. The number of piperidine rings is 1. The monoisotopic (exact) mass is 331 g/mol. The van der Waals surface area contributed by atoms with Crippen molar-refractivity contribution in [3.63, 3.8) is 0 Å². The first-order valence-electron chi connectivity index (χ1n) is 7.97. The fourth-order valence-corrected chi connectivity index (χ4v) is 3.70. The number of nitrogens with one attached hydrogen (secondary N) is 2. The summed E-state index contributed by atoms with van der Waals surface area (Å²) in [7, 11) is 0. The highest BCUT2D eigenvalue weighted by molar-refractivity contribution is 6.30. The smallest absolute Gasteiger partial charge is 0.290 e. The van der Waals surface area contributed by atoms with E-state index in [1.54, 1.807) is 18.2 Å². The molecule has 5 nitrogen and oxygen atoms in total. The zero-order valence-corrected chi connectivity index (χ0v) is 13.3. The number of carbonyl (C=O) groups excluding carboxylic acids is 1. The van der Waals surface area contributed by atoms with E-state index >= 15 is 0 Å². The Morgan fingerprint density at radius 2 is 1.91 bits per heavy atom. The average molecular weight is 332 g/mol. The van der Waals surface area contributed by atoms with Crippen molar-refractivity contribution in [2.45, 2.75) is 43.8 Å². The number of nitrogens with zero attached hydrogens (tertiary/aromatic N) is 1. The summed E-state index contributed by atoms with van der Waals surface area (Å²) in [5, 5.41) is 11.3. The van der Waals surface area contributed by atoms with Crippen LogP contribution in [0.4, 0.5) is 0 Å². The van der Waals surface area contributed by atoms with E-state index in [-0.39, 0.29) is 17.7 Å². The van der Waals surface area contributed by atoms with E-state index in [1.165, 1.54) is 12.8 Å². The zero-order chi connectivity index (χ0) is 15.8. The molecule has 3 atom stereocenters. The van der Waals surface area contributed by atoms with Crippen LogP contribution in [-0.4, -0.2) is 29.2 Å². The maximum atomic E-state index is 12.4. The predicted molar refractivity (Wildman–Crippen MR) is 87.4 cm³/mol. The van der Waals surface area contributed by atoms with Crippen LogP contribution < -0.4 is 10.6 Å². The van der Waals surface area contributed by atoms with Crippen molar-refractivity contribution in [2.75, 3.05) is 0 Å². The quantitative estimate of drug-likeness (QED) is 0.907. The Morgan fingerprint density at radius 1 is 1.22 bits per heavy atom. The lowest BCUT2D eigenvalue weighted by molar-refractivity contribution is 0.0886. The Bertz CT molecular complexity index is 701. The molecule has 1 amide bonds.